The maximum absolute atomic E-state index is 12.7. The first-order chi connectivity index (χ1) is 5.41. The van der Waals surface area contributed by atoms with Crippen LogP contribution in [0.2, 0.25) is 0 Å². The third-order valence-corrected chi connectivity index (χ3v) is 2.93. The largest absolute Gasteiger partial charge is 0.254 e. The Morgan fingerprint density at radius 1 is 1.50 bits per heavy atom. The quantitative estimate of drug-likeness (QED) is 0.571. The smallest absolute Gasteiger partial charge is 0.206 e. The summed E-state index contributed by atoms with van der Waals surface area (Å²) in [6, 6.07) is 0. The van der Waals surface area contributed by atoms with Crippen LogP contribution in [0.25, 0.3) is 0 Å². The highest BCUT2D eigenvalue weighted by Crippen LogP contribution is 2.62. The molecule has 0 spiro atoms. The molecule has 0 heterocycles. The summed E-state index contributed by atoms with van der Waals surface area (Å²) in [5.41, 5.74) is 0.510. The average Bonchev–Trinajstić information content (AvgIpc) is 2.47. The second kappa shape index (κ2) is 2.82. The minimum Gasteiger partial charge on any atom is -0.206 e. The average molecular weight is 174 g/mol. The zero-order valence-corrected chi connectivity index (χ0v) is 7.95. The van der Waals surface area contributed by atoms with Crippen LogP contribution >= 0.6 is 0 Å². The van der Waals surface area contributed by atoms with Crippen LogP contribution in [0.1, 0.15) is 40.0 Å². The van der Waals surface area contributed by atoms with Crippen molar-refractivity contribution in [3.8, 4) is 0 Å². The van der Waals surface area contributed by atoms with Crippen molar-refractivity contribution in [2.45, 2.75) is 46.0 Å². The van der Waals surface area contributed by atoms with Gasteiger partial charge in [0, 0.05) is 11.8 Å². The van der Waals surface area contributed by atoms with Gasteiger partial charge in [-0.1, -0.05) is 18.6 Å². The fourth-order valence-corrected chi connectivity index (χ4v) is 1.33. The van der Waals surface area contributed by atoms with E-state index >= 15 is 0 Å². The molecule has 0 saturated heterocycles. The van der Waals surface area contributed by atoms with Gasteiger partial charge >= 0.3 is 0 Å². The van der Waals surface area contributed by atoms with Crippen LogP contribution in [-0.2, 0) is 0 Å². The van der Waals surface area contributed by atoms with Crippen molar-refractivity contribution < 1.29 is 8.78 Å². The molecule has 1 fully saturated rings. The summed E-state index contributed by atoms with van der Waals surface area (Å²) in [7, 11) is 0. The SMILES string of the molecule is C/C=C(/C)CCC1(C)CC1(F)F. The Balaban J connectivity index is 2.35. The molecule has 1 aliphatic rings. The summed E-state index contributed by atoms with van der Waals surface area (Å²) in [4.78, 5) is 0. The van der Waals surface area contributed by atoms with Gasteiger partial charge < -0.3 is 0 Å². The summed E-state index contributed by atoms with van der Waals surface area (Å²) in [5, 5.41) is 0. The highest BCUT2D eigenvalue weighted by atomic mass is 19.3. The number of hydrogen-bond acceptors (Lipinski definition) is 0. The minimum atomic E-state index is -2.39. The zero-order valence-electron chi connectivity index (χ0n) is 7.95. The standard InChI is InChI=1S/C10H16F2/c1-4-8(2)5-6-9(3)7-10(9,11)12/h4H,5-7H2,1-3H3/b8-4-. The molecule has 0 amide bonds. The molecule has 0 aliphatic heterocycles. The molecule has 0 N–H and O–H groups in total. The van der Waals surface area contributed by atoms with Crippen LogP contribution in [-0.4, -0.2) is 5.92 Å². The molecule has 70 valence electrons. The normalized spacial score (nSPS) is 33.6. The van der Waals surface area contributed by atoms with Crippen LogP contribution in [0.5, 0.6) is 0 Å². The molecule has 0 bridgehead atoms. The van der Waals surface area contributed by atoms with Gasteiger partial charge in [-0.05, 0) is 26.7 Å². The van der Waals surface area contributed by atoms with Crippen LogP contribution in [0, 0.1) is 5.41 Å². The second-order valence-electron chi connectivity index (χ2n) is 4.08. The molecule has 1 atom stereocenters. The topological polar surface area (TPSA) is 0 Å². The van der Waals surface area contributed by atoms with Crippen molar-refractivity contribution in [3.63, 3.8) is 0 Å². The lowest BCUT2D eigenvalue weighted by molar-refractivity contribution is 0.0671. The Hall–Kier alpha value is -0.400. The molecule has 1 aliphatic carbocycles. The van der Waals surface area contributed by atoms with Crippen molar-refractivity contribution in [1.82, 2.24) is 0 Å². The molecule has 2 heteroatoms. The summed E-state index contributed by atoms with van der Waals surface area (Å²) in [6.45, 7) is 5.61. The van der Waals surface area contributed by atoms with E-state index in [1.165, 1.54) is 5.57 Å². The molecule has 12 heavy (non-hydrogen) atoms. The van der Waals surface area contributed by atoms with E-state index in [2.05, 4.69) is 0 Å². The number of allylic oxidation sites excluding steroid dienone is 2. The van der Waals surface area contributed by atoms with Crippen molar-refractivity contribution in [2.75, 3.05) is 0 Å². The molecule has 1 unspecified atom stereocenters. The predicted octanol–water partition coefficient (Wildman–Crippen LogP) is 3.78. The predicted molar refractivity (Wildman–Crippen MR) is 46.3 cm³/mol. The number of rotatable bonds is 3. The summed E-state index contributed by atoms with van der Waals surface area (Å²) < 4.78 is 25.4. The van der Waals surface area contributed by atoms with Gasteiger partial charge in [-0.25, -0.2) is 8.78 Å². The highest BCUT2D eigenvalue weighted by molar-refractivity contribution is 5.09. The third kappa shape index (κ3) is 1.67. The van der Waals surface area contributed by atoms with Gasteiger partial charge in [-0.15, -0.1) is 0 Å². The lowest BCUT2D eigenvalue weighted by Gasteiger charge is -2.09. The Kier molecular flexibility index (Phi) is 2.28. The molecule has 0 aromatic rings. The lowest BCUT2D eigenvalue weighted by Crippen LogP contribution is -2.06. The third-order valence-electron chi connectivity index (χ3n) is 2.93. The molecule has 1 rings (SSSR count). The van der Waals surface area contributed by atoms with E-state index in [0.717, 1.165) is 6.42 Å². The molecule has 0 radical (unpaired) electrons. The van der Waals surface area contributed by atoms with Crippen LogP contribution in [0.15, 0.2) is 11.6 Å². The second-order valence-corrected chi connectivity index (χ2v) is 4.08. The van der Waals surface area contributed by atoms with E-state index in [4.69, 9.17) is 0 Å². The summed E-state index contributed by atoms with van der Waals surface area (Å²) >= 11 is 0. The van der Waals surface area contributed by atoms with Gasteiger partial charge in [-0.3, -0.25) is 0 Å². The van der Waals surface area contributed by atoms with E-state index in [1.54, 1.807) is 6.92 Å². The fourth-order valence-electron chi connectivity index (χ4n) is 1.33. The minimum absolute atomic E-state index is 0.0804. The van der Waals surface area contributed by atoms with Crippen molar-refractivity contribution in [3.05, 3.63) is 11.6 Å². The van der Waals surface area contributed by atoms with Gasteiger partial charge in [0.2, 0.25) is 0 Å². The Bertz CT molecular complexity index is 206. The van der Waals surface area contributed by atoms with Crippen molar-refractivity contribution in [1.29, 1.82) is 0 Å². The number of hydrogen-bond donors (Lipinski definition) is 0. The summed E-state index contributed by atoms with van der Waals surface area (Å²) in [6.07, 6.45) is 3.50. The Morgan fingerprint density at radius 3 is 2.33 bits per heavy atom. The molecular formula is C10H16F2. The van der Waals surface area contributed by atoms with E-state index in [1.807, 2.05) is 19.9 Å². The Labute approximate surface area is 72.7 Å². The Morgan fingerprint density at radius 2 is 2.00 bits per heavy atom. The first kappa shape index (κ1) is 9.69. The van der Waals surface area contributed by atoms with Crippen molar-refractivity contribution >= 4 is 0 Å². The highest BCUT2D eigenvalue weighted by Gasteiger charge is 2.66. The van der Waals surface area contributed by atoms with E-state index in [9.17, 15) is 8.78 Å². The first-order valence-corrected chi connectivity index (χ1v) is 4.41. The van der Waals surface area contributed by atoms with Crippen LogP contribution < -0.4 is 0 Å². The van der Waals surface area contributed by atoms with Gasteiger partial charge in [0.15, 0.2) is 0 Å². The van der Waals surface area contributed by atoms with Gasteiger partial charge in [0.25, 0.3) is 5.92 Å². The van der Waals surface area contributed by atoms with Gasteiger partial charge in [0.05, 0.1) is 0 Å². The van der Waals surface area contributed by atoms with E-state index < -0.39 is 11.3 Å². The molecule has 0 nitrogen and oxygen atoms in total. The molecular weight excluding hydrogens is 158 g/mol. The van der Waals surface area contributed by atoms with E-state index in [-0.39, 0.29) is 6.42 Å². The van der Waals surface area contributed by atoms with Gasteiger partial charge in [0.1, 0.15) is 0 Å². The monoisotopic (exact) mass is 174 g/mol. The maximum atomic E-state index is 12.7. The van der Waals surface area contributed by atoms with Gasteiger partial charge in [-0.2, -0.15) is 0 Å². The van der Waals surface area contributed by atoms with E-state index in [0.29, 0.717) is 6.42 Å². The lowest BCUT2D eigenvalue weighted by atomic mass is 9.99. The number of alkyl halides is 2. The molecule has 0 aromatic carbocycles. The molecule has 1 saturated carbocycles. The molecule has 0 aromatic heterocycles. The zero-order chi connectivity index (χ0) is 9.41. The van der Waals surface area contributed by atoms with Crippen LogP contribution in [0.3, 0.4) is 0 Å². The fraction of sp³-hybridized carbons (Fsp3) is 0.800. The van der Waals surface area contributed by atoms with Crippen molar-refractivity contribution in [2.24, 2.45) is 5.41 Å². The maximum Gasteiger partial charge on any atom is 0.254 e. The first-order valence-electron chi connectivity index (χ1n) is 4.41. The number of halogens is 2. The summed E-state index contributed by atoms with van der Waals surface area (Å²) in [5.74, 6) is -2.39. The van der Waals surface area contributed by atoms with Crippen LogP contribution in [0.4, 0.5) is 8.78 Å².